The fourth-order valence-electron chi connectivity index (χ4n) is 1.87. The van der Waals surface area contributed by atoms with Crippen LogP contribution in [-0.4, -0.2) is 24.2 Å². The lowest BCUT2D eigenvalue weighted by molar-refractivity contribution is 0.102. The molecule has 0 saturated heterocycles. The van der Waals surface area contributed by atoms with Gasteiger partial charge in [0.1, 0.15) is 5.75 Å². The molecule has 0 unspecified atom stereocenters. The van der Waals surface area contributed by atoms with Crippen LogP contribution in [0, 0.1) is 0 Å². The fraction of sp³-hybridized carbons (Fsp3) is 0.143. The van der Waals surface area contributed by atoms with Gasteiger partial charge >= 0.3 is 0 Å². The van der Waals surface area contributed by atoms with Crippen molar-refractivity contribution in [2.75, 3.05) is 7.11 Å². The first-order chi connectivity index (χ1) is 8.58. The van der Waals surface area contributed by atoms with Gasteiger partial charge < -0.3 is 9.72 Å². The van der Waals surface area contributed by atoms with E-state index in [0.717, 1.165) is 0 Å². The fourth-order valence-corrected chi connectivity index (χ4v) is 1.87. The van der Waals surface area contributed by atoms with Crippen molar-refractivity contribution >= 4 is 23.0 Å². The topological polar surface area (TPSA) is 59.2 Å². The number of Topliss-reactive ketones (excluding diaryl/α,β-unsaturated/α-hetero) is 1. The molecule has 4 heteroatoms. The smallest absolute Gasteiger partial charge is 0.191 e. The van der Waals surface area contributed by atoms with Crippen LogP contribution in [0.1, 0.15) is 27.8 Å². The largest absolute Gasteiger partial charge is 0.497 e. The molecule has 0 aliphatic rings. The van der Waals surface area contributed by atoms with E-state index in [-0.39, 0.29) is 11.5 Å². The highest BCUT2D eigenvalue weighted by molar-refractivity contribution is 6.19. The van der Waals surface area contributed by atoms with Gasteiger partial charge in [0.2, 0.25) is 0 Å². The summed E-state index contributed by atoms with van der Waals surface area (Å²) in [7, 11) is 1.56. The summed E-state index contributed by atoms with van der Waals surface area (Å²) in [5.41, 5.74) is 1.73. The highest BCUT2D eigenvalue weighted by atomic mass is 16.5. The molecule has 2 aromatic rings. The number of ketones is 1. The standard InChI is InChI=1S/C14H13NO3/c1-8(2)14(17)13-10-5-4-9(18-3)6-11(10)15-12(13)7-16/h4-7,15H,1H2,2-3H3. The van der Waals surface area contributed by atoms with Crippen molar-refractivity contribution in [2.45, 2.75) is 6.92 Å². The molecule has 1 aromatic carbocycles. The molecular formula is C14H13NO3. The second kappa shape index (κ2) is 4.49. The average Bonchev–Trinajstić information content (AvgIpc) is 2.74. The molecule has 0 bridgehead atoms. The van der Waals surface area contributed by atoms with Gasteiger partial charge in [-0.15, -0.1) is 0 Å². The minimum Gasteiger partial charge on any atom is -0.497 e. The summed E-state index contributed by atoms with van der Waals surface area (Å²) in [5.74, 6) is 0.434. The predicted molar refractivity (Wildman–Crippen MR) is 69.4 cm³/mol. The normalized spacial score (nSPS) is 10.3. The van der Waals surface area contributed by atoms with Crippen molar-refractivity contribution in [2.24, 2.45) is 0 Å². The third-order valence-electron chi connectivity index (χ3n) is 2.77. The third-order valence-corrected chi connectivity index (χ3v) is 2.77. The van der Waals surface area contributed by atoms with Crippen LogP contribution in [0.25, 0.3) is 10.9 Å². The van der Waals surface area contributed by atoms with Gasteiger partial charge in [0, 0.05) is 11.5 Å². The van der Waals surface area contributed by atoms with Gasteiger partial charge in [-0.3, -0.25) is 9.59 Å². The zero-order chi connectivity index (χ0) is 13.3. The molecule has 2 rings (SSSR count). The maximum atomic E-state index is 12.0. The molecular weight excluding hydrogens is 230 g/mol. The van der Waals surface area contributed by atoms with Gasteiger partial charge in [-0.1, -0.05) is 6.58 Å². The van der Waals surface area contributed by atoms with Crippen LogP contribution in [0.4, 0.5) is 0 Å². The number of hydrogen-bond donors (Lipinski definition) is 1. The zero-order valence-corrected chi connectivity index (χ0v) is 10.2. The lowest BCUT2D eigenvalue weighted by Gasteiger charge is -2.01. The molecule has 0 spiro atoms. The maximum absolute atomic E-state index is 12.0. The molecule has 92 valence electrons. The summed E-state index contributed by atoms with van der Waals surface area (Å²) < 4.78 is 5.10. The van der Waals surface area contributed by atoms with Gasteiger partial charge in [-0.05, 0) is 24.6 Å². The molecule has 0 aliphatic carbocycles. The number of carbonyl (C=O) groups is 2. The van der Waals surface area contributed by atoms with Crippen LogP contribution in [-0.2, 0) is 0 Å². The third kappa shape index (κ3) is 1.82. The summed E-state index contributed by atoms with van der Waals surface area (Å²) in [6.45, 7) is 5.25. The Morgan fingerprint density at radius 2 is 2.17 bits per heavy atom. The molecule has 0 amide bonds. The van der Waals surface area contributed by atoms with Crippen molar-refractivity contribution in [3.05, 3.63) is 41.6 Å². The highest BCUT2D eigenvalue weighted by Crippen LogP contribution is 2.27. The first-order valence-corrected chi connectivity index (χ1v) is 5.43. The SMILES string of the molecule is C=C(C)C(=O)c1c(C=O)[nH]c2cc(OC)ccc12. The van der Waals surface area contributed by atoms with Gasteiger partial charge in [-0.2, -0.15) is 0 Å². The summed E-state index contributed by atoms with van der Waals surface area (Å²) in [4.78, 5) is 26.0. The van der Waals surface area contributed by atoms with E-state index in [0.29, 0.717) is 34.1 Å². The number of aromatic nitrogens is 1. The average molecular weight is 243 g/mol. The number of allylic oxidation sites excluding steroid dienone is 1. The quantitative estimate of drug-likeness (QED) is 0.510. The van der Waals surface area contributed by atoms with E-state index in [2.05, 4.69) is 11.6 Å². The lowest BCUT2D eigenvalue weighted by Crippen LogP contribution is -2.02. The number of aldehydes is 1. The van der Waals surface area contributed by atoms with Gasteiger partial charge in [0.25, 0.3) is 0 Å². The molecule has 0 aliphatic heterocycles. The molecule has 1 heterocycles. The number of hydrogen-bond acceptors (Lipinski definition) is 3. The minimum atomic E-state index is -0.228. The van der Waals surface area contributed by atoms with Crippen molar-refractivity contribution < 1.29 is 14.3 Å². The summed E-state index contributed by atoms with van der Waals surface area (Å²) in [6, 6.07) is 5.26. The van der Waals surface area contributed by atoms with Crippen LogP contribution < -0.4 is 4.74 Å². The van der Waals surface area contributed by atoms with E-state index in [4.69, 9.17) is 4.74 Å². The molecule has 0 radical (unpaired) electrons. The van der Waals surface area contributed by atoms with Gasteiger partial charge in [-0.25, -0.2) is 0 Å². The van der Waals surface area contributed by atoms with Crippen molar-refractivity contribution in [3.8, 4) is 5.75 Å². The molecule has 4 nitrogen and oxygen atoms in total. The Morgan fingerprint density at radius 1 is 1.44 bits per heavy atom. The molecule has 1 N–H and O–H groups in total. The monoisotopic (exact) mass is 243 g/mol. The Morgan fingerprint density at radius 3 is 2.72 bits per heavy atom. The number of nitrogens with one attached hydrogen (secondary N) is 1. The van der Waals surface area contributed by atoms with E-state index >= 15 is 0 Å². The Hall–Kier alpha value is -2.36. The Kier molecular flexibility index (Phi) is 3.02. The number of carbonyl (C=O) groups excluding carboxylic acids is 2. The number of rotatable bonds is 4. The molecule has 0 fully saturated rings. The number of fused-ring (bicyclic) bond motifs is 1. The van der Waals surface area contributed by atoms with Crippen LogP contribution in [0.3, 0.4) is 0 Å². The van der Waals surface area contributed by atoms with Gasteiger partial charge in [0.05, 0.1) is 23.9 Å². The molecule has 18 heavy (non-hydrogen) atoms. The number of ether oxygens (including phenoxy) is 1. The van der Waals surface area contributed by atoms with Crippen LogP contribution in [0.5, 0.6) is 5.75 Å². The van der Waals surface area contributed by atoms with Crippen molar-refractivity contribution in [1.29, 1.82) is 0 Å². The number of benzene rings is 1. The van der Waals surface area contributed by atoms with E-state index in [1.54, 1.807) is 32.2 Å². The minimum absolute atomic E-state index is 0.228. The molecule has 1 aromatic heterocycles. The van der Waals surface area contributed by atoms with Crippen LogP contribution in [0.2, 0.25) is 0 Å². The number of H-pyrrole nitrogens is 1. The Bertz CT molecular complexity index is 652. The van der Waals surface area contributed by atoms with E-state index in [1.165, 1.54) is 0 Å². The van der Waals surface area contributed by atoms with Crippen LogP contribution in [0.15, 0.2) is 30.4 Å². The summed E-state index contributed by atoms with van der Waals surface area (Å²) in [5, 5.41) is 0.700. The van der Waals surface area contributed by atoms with Gasteiger partial charge in [0.15, 0.2) is 12.1 Å². The Balaban J connectivity index is 2.74. The molecule has 0 atom stereocenters. The summed E-state index contributed by atoms with van der Waals surface area (Å²) >= 11 is 0. The van der Waals surface area contributed by atoms with Crippen LogP contribution >= 0.6 is 0 Å². The second-order valence-electron chi connectivity index (χ2n) is 4.05. The maximum Gasteiger partial charge on any atom is 0.191 e. The van der Waals surface area contributed by atoms with Crippen molar-refractivity contribution in [3.63, 3.8) is 0 Å². The zero-order valence-electron chi connectivity index (χ0n) is 10.2. The first-order valence-electron chi connectivity index (χ1n) is 5.43. The Labute approximate surface area is 104 Å². The number of aromatic amines is 1. The second-order valence-corrected chi connectivity index (χ2v) is 4.05. The van der Waals surface area contributed by atoms with Crippen molar-refractivity contribution in [1.82, 2.24) is 4.98 Å². The predicted octanol–water partition coefficient (Wildman–Crippen LogP) is 2.75. The van der Waals surface area contributed by atoms with E-state index < -0.39 is 0 Å². The highest BCUT2D eigenvalue weighted by Gasteiger charge is 2.18. The van der Waals surface area contributed by atoms with E-state index in [1.807, 2.05) is 0 Å². The lowest BCUT2D eigenvalue weighted by atomic mass is 10.0. The summed E-state index contributed by atoms with van der Waals surface area (Å²) in [6.07, 6.45) is 0.642. The molecule has 0 saturated carbocycles. The van der Waals surface area contributed by atoms with E-state index in [9.17, 15) is 9.59 Å². The number of methoxy groups -OCH3 is 1. The first kappa shape index (κ1) is 12.1.